The lowest BCUT2D eigenvalue weighted by molar-refractivity contribution is 0.000934. The Morgan fingerprint density at radius 2 is 1.55 bits per heavy atom. The van der Waals surface area contributed by atoms with E-state index in [1.807, 2.05) is 24.0 Å². The molecule has 4 rings (SSSR count). The van der Waals surface area contributed by atoms with Crippen LogP contribution in [0.4, 0.5) is 8.78 Å². The first-order chi connectivity index (χ1) is 20.1. The van der Waals surface area contributed by atoms with Crippen molar-refractivity contribution in [1.82, 2.24) is 15.5 Å². The molecule has 1 aliphatic rings. The number of halogens is 2. The monoisotopic (exact) mass is 577 g/mol. The van der Waals surface area contributed by atoms with Crippen LogP contribution in [-0.4, -0.2) is 47.2 Å². The maximum atomic E-state index is 14.0. The van der Waals surface area contributed by atoms with Crippen molar-refractivity contribution in [2.45, 2.75) is 71.1 Å². The number of hydrogen-bond acceptors (Lipinski definition) is 4. The number of nitrogens with zero attached hydrogens (tertiary/aromatic N) is 1. The molecular formula is C34H41F2N3O3. The number of hydrogen-bond donors (Lipinski definition) is 3. The fraction of sp³-hybridized carbons (Fsp3) is 0.412. The zero-order chi connectivity index (χ0) is 30.1. The normalized spacial score (nSPS) is 15.1. The summed E-state index contributed by atoms with van der Waals surface area (Å²) in [6.07, 6.45) is 4.90. The molecule has 0 aliphatic carbocycles. The van der Waals surface area contributed by atoms with E-state index < -0.39 is 23.3 Å². The van der Waals surface area contributed by atoms with Crippen LogP contribution in [0.15, 0.2) is 60.7 Å². The second-order valence-electron chi connectivity index (χ2n) is 11.3. The minimum absolute atomic E-state index is 0.0791. The first kappa shape index (κ1) is 31.3. The Morgan fingerprint density at radius 1 is 0.881 bits per heavy atom. The molecule has 224 valence electrons. The molecule has 1 atom stereocenters. The summed E-state index contributed by atoms with van der Waals surface area (Å²) < 4.78 is 27.9. The lowest BCUT2D eigenvalue weighted by Gasteiger charge is -2.30. The molecule has 0 bridgehead atoms. The molecule has 1 fully saturated rings. The average Bonchev–Trinajstić information content (AvgIpc) is 3.24. The lowest BCUT2D eigenvalue weighted by Crippen LogP contribution is -2.51. The molecule has 8 heteroatoms. The van der Waals surface area contributed by atoms with Crippen molar-refractivity contribution in [3.63, 3.8) is 0 Å². The molecule has 2 amide bonds. The topological polar surface area (TPSA) is 81.7 Å². The van der Waals surface area contributed by atoms with Crippen molar-refractivity contribution in [1.29, 1.82) is 0 Å². The Bertz CT molecular complexity index is 1370. The zero-order valence-corrected chi connectivity index (χ0v) is 24.5. The summed E-state index contributed by atoms with van der Waals surface area (Å²) in [5, 5.41) is 17.6. The number of carbonyl (C=O) groups is 2. The van der Waals surface area contributed by atoms with Gasteiger partial charge in [0.25, 0.3) is 11.8 Å². The Balaban J connectivity index is 1.50. The Hall–Kier alpha value is -3.62. The number of likely N-dealkylation sites (tertiary alicyclic amines) is 1. The highest BCUT2D eigenvalue weighted by Crippen LogP contribution is 2.21. The molecule has 3 N–H and O–H groups in total. The molecule has 6 nitrogen and oxygen atoms in total. The van der Waals surface area contributed by atoms with Crippen LogP contribution in [0.3, 0.4) is 0 Å². The number of aryl methyl sites for hydroxylation is 2. The average molecular weight is 578 g/mol. The fourth-order valence-electron chi connectivity index (χ4n) is 5.51. The van der Waals surface area contributed by atoms with Crippen LogP contribution < -0.4 is 10.6 Å². The number of rotatable bonds is 11. The van der Waals surface area contributed by atoms with E-state index in [-0.39, 0.29) is 29.9 Å². The summed E-state index contributed by atoms with van der Waals surface area (Å²) in [5.41, 5.74) is 2.12. The van der Waals surface area contributed by atoms with E-state index in [9.17, 15) is 23.5 Å². The Labute approximate surface area is 247 Å². The van der Waals surface area contributed by atoms with Gasteiger partial charge in [0.05, 0.1) is 0 Å². The van der Waals surface area contributed by atoms with E-state index in [2.05, 4.69) is 29.7 Å². The molecule has 1 saturated heterocycles. The summed E-state index contributed by atoms with van der Waals surface area (Å²) in [6, 6.07) is 16.2. The van der Waals surface area contributed by atoms with E-state index in [0.717, 1.165) is 61.4 Å². The molecule has 0 spiro atoms. The SMILES string of the molecule is CCc1cccc(CNCC[C@@](O)(Cc2cc(F)cc(F)c2)NC(=O)c2cc(C)cc(C(=O)N3CCCCCC3)c2)c1. The lowest BCUT2D eigenvalue weighted by atomic mass is 9.97. The number of amides is 2. The molecule has 0 radical (unpaired) electrons. The van der Waals surface area contributed by atoms with Crippen molar-refractivity contribution < 1.29 is 23.5 Å². The summed E-state index contributed by atoms with van der Waals surface area (Å²) in [5.74, 6) is -2.21. The first-order valence-electron chi connectivity index (χ1n) is 14.8. The zero-order valence-electron chi connectivity index (χ0n) is 24.5. The second kappa shape index (κ2) is 14.5. The Kier molecular flexibility index (Phi) is 10.8. The molecule has 1 aliphatic heterocycles. The third-order valence-electron chi connectivity index (χ3n) is 7.69. The number of carbonyl (C=O) groups excluding carboxylic acids is 2. The highest BCUT2D eigenvalue weighted by molar-refractivity contribution is 6.00. The van der Waals surface area contributed by atoms with Crippen LogP contribution in [0.1, 0.15) is 82.0 Å². The van der Waals surface area contributed by atoms with Crippen LogP contribution in [0, 0.1) is 18.6 Å². The van der Waals surface area contributed by atoms with Gasteiger partial charge in [-0.05, 0) is 78.8 Å². The van der Waals surface area contributed by atoms with Gasteiger partial charge in [-0.15, -0.1) is 0 Å². The Morgan fingerprint density at radius 3 is 2.24 bits per heavy atom. The van der Waals surface area contributed by atoms with Gasteiger partial charge in [-0.2, -0.15) is 0 Å². The molecular weight excluding hydrogens is 536 g/mol. The quantitative estimate of drug-likeness (QED) is 0.202. The molecule has 0 unspecified atom stereocenters. The molecule has 0 saturated carbocycles. The number of benzene rings is 3. The highest BCUT2D eigenvalue weighted by atomic mass is 19.1. The van der Waals surface area contributed by atoms with Crippen LogP contribution >= 0.6 is 0 Å². The van der Waals surface area contributed by atoms with E-state index in [1.54, 1.807) is 18.2 Å². The van der Waals surface area contributed by atoms with E-state index in [4.69, 9.17) is 0 Å². The van der Waals surface area contributed by atoms with Crippen molar-refractivity contribution in [3.05, 3.63) is 106 Å². The standard InChI is InChI=1S/C34H41F2N3O3/c1-3-25-9-8-10-26(17-25)23-37-12-11-34(42,22-27-18-30(35)21-31(36)19-27)38-32(40)28-15-24(2)16-29(20-28)33(41)39-13-6-4-5-7-14-39/h8-10,15-21,37,42H,3-7,11-14,22-23H2,1-2H3,(H,38,40)/t34-/m1/s1. The number of aliphatic hydroxyl groups is 1. The maximum absolute atomic E-state index is 14.0. The van der Waals surface area contributed by atoms with Gasteiger partial charge in [0.15, 0.2) is 0 Å². The van der Waals surface area contributed by atoms with Crippen LogP contribution in [-0.2, 0) is 19.4 Å². The van der Waals surface area contributed by atoms with Crippen LogP contribution in [0.25, 0.3) is 0 Å². The second-order valence-corrected chi connectivity index (χ2v) is 11.3. The van der Waals surface area contributed by atoms with Gasteiger partial charge in [0.1, 0.15) is 17.4 Å². The summed E-state index contributed by atoms with van der Waals surface area (Å²) in [7, 11) is 0. The molecule has 1 heterocycles. The maximum Gasteiger partial charge on any atom is 0.253 e. The summed E-state index contributed by atoms with van der Waals surface area (Å²) in [6.45, 7) is 6.17. The van der Waals surface area contributed by atoms with E-state index in [1.165, 1.54) is 5.56 Å². The fourth-order valence-corrected chi connectivity index (χ4v) is 5.51. The van der Waals surface area contributed by atoms with Gasteiger partial charge in [0, 0.05) is 56.2 Å². The van der Waals surface area contributed by atoms with Gasteiger partial charge in [0.2, 0.25) is 0 Å². The highest BCUT2D eigenvalue weighted by Gasteiger charge is 2.30. The molecule has 0 aromatic heterocycles. The predicted octanol–water partition coefficient (Wildman–Crippen LogP) is 5.69. The summed E-state index contributed by atoms with van der Waals surface area (Å²) in [4.78, 5) is 28.6. The van der Waals surface area contributed by atoms with Crippen LogP contribution in [0.2, 0.25) is 0 Å². The summed E-state index contributed by atoms with van der Waals surface area (Å²) >= 11 is 0. The van der Waals surface area contributed by atoms with Gasteiger partial charge in [-0.1, -0.05) is 44.0 Å². The van der Waals surface area contributed by atoms with Gasteiger partial charge < -0.3 is 20.6 Å². The van der Waals surface area contributed by atoms with Crippen molar-refractivity contribution in [2.24, 2.45) is 0 Å². The molecule has 42 heavy (non-hydrogen) atoms. The van der Waals surface area contributed by atoms with Gasteiger partial charge in [-0.25, -0.2) is 8.78 Å². The number of nitrogens with one attached hydrogen (secondary N) is 2. The van der Waals surface area contributed by atoms with E-state index >= 15 is 0 Å². The minimum Gasteiger partial charge on any atom is -0.371 e. The van der Waals surface area contributed by atoms with Gasteiger partial charge >= 0.3 is 0 Å². The van der Waals surface area contributed by atoms with Crippen molar-refractivity contribution in [2.75, 3.05) is 19.6 Å². The first-order valence-corrected chi connectivity index (χ1v) is 14.8. The third-order valence-corrected chi connectivity index (χ3v) is 7.69. The van der Waals surface area contributed by atoms with E-state index in [0.29, 0.717) is 31.7 Å². The van der Waals surface area contributed by atoms with Crippen molar-refractivity contribution >= 4 is 11.8 Å². The molecule has 3 aromatic carbocycles. The smallest absolute Gasteiger partial charge is 0.253 e. The minimum atomic E-state index is -1.81. The largest absolute Gasteiger partial charge is 0.371 e. The van der Waals surface area contributed by atoms with Crippen LogP contribution in [0.5, 0.6) is 0 Å². The van der Waals surface area contributed by atoms with Gasteiger partial charge in [-0.3, -0.25) is 9.59 Å². The predicted molar refractivity (Wildman–Crippen MR) is 160 cm³/mol. The van der Waals surface area contributed by atoms with Crippen molar-refractivity contribution in [3.8, 4) is 0 Å². The molecule has 3 aromatic rings. The third kappa shape index (κ3) is 8.94.